The van der Waals surface area contributed by atoms with Crippen LogP contribution in [-0.4, -0.2) is 32.2 Å². The van der Waals surface area contributed by atoms with Crippen LogP contribution in [0.4, 0.5) is 5.69 Å². The van der Waals surface area contributed by atoms with Crippen molar-refractivity contribution in [2.75, 3.05) is 32.1 Å². The van der Waals surface area contributed by atoms with Gasteiger partial charge in [0.05, 0.1) is 10.7 Å². The molecule has 0 amide bonds. The Hall–Kier alpha value is -0.800. The number of halogens is 1. The average Bonchev–Trinajstić information content (AvgIpc) is 2.30. The van der Waals surface area contributed by atoms with Crippen molar-refractivity contribution in [2.45, 2.75) is 18.8 Å². The predicted molar refractivity (Wildman–Crippen MR) is 68.4 cm³/mol. The van der Waals surface area contributed by atoms with Crippen LogP contribution in [-0.2, 0) is 0 Å². The number of nitrogens with zero attached hydrogens (tertiary/aromatic N) is 2. The van der Waals surface area contributed by atoms with Gasteiger partial charge in [-0.3, -0.25) is 4.98 Å². The summed E-state index contributed by atoms with van der Waals surface area (Å²) in [6.45, 7) is 2.18. The van der Waals surface area contributed by atoms with Crippen LogP contribution >= 0.6 is 11.6 Å². The molecule has 3 nitrogen and oxygen atoms in total. The molecule has 0 unspecified atom stereocenters. The fraction of sp³-hybridized carbons (Fsp3) is 0.583. The summed E-state index contributed by atoms with van der Waals surface area (Å²) in [6.07, 6.45) is 4.11. The zero-order valence-corrected chi connectivity index (χ0v) is 10.6. The van der Waals surface area contributed by atoms with Crippen molar-refractivity contribution < 1.29 is 0 Å². The van der Waals surface area contributed by atoms with Crippen molar-refractivity contribution in [2.24, 2.45) is 0 Å². The Bertz CT molecular complexity index is 359. The fourth-order valence-corrected chi connectivity index (χ4v) is 2.40. The topological polar surface area (TPSA) is 28.2 Å². The molecule has 4 heteroatoms. The second-order valence-electron chi connectivity index (χ2n) is 4.48. The fourth-order valence-electron chi connectivity index (χ4n) is 2.13. The smallest absolute Gasteiger partial charge is 0.0822 e. The maximum atomic E-state index is 6.11. The summed E-state index contributed by atoms with van der Waals surface area (Å²) in [5.41, 5.74) is 2.24. The molecular weight excluding hydrogens is 222 g/mol. The van der Waals surface area contributed by atoms with E-state index in [1.54, 1.807) is 6.20 Å². The monoisotopic (exact) mass is 239 g/mol. The zero-order valence-electron chi connectivity index (χ0n) is 9.83. The van der Waals surface area contributed by atoms with Gasteiger partial charge in [0, 0.05) is 31.9 Å². The number of aromatic nitrogens is 1. The van der Waals surface area contributed by atoms with E-state index >= 15 is 0 Å². The summed E-state index contributed by atoms with van der Waals surface area (Å²) < 4.78 is 0. The van der Waals surface area contributed by atoms with E-state index in [4.69, 9.17) is 11.6 Å². The second-order valence-corrected chi connectivity index (χ2v) is 4.89. The van der Waals surface area contributed by atoms with E-state index in [0.717, 1.165) is 23.8 Å². The van der Waals surface area contributed by atoms with Gasteiger partial charge >= 0.3 is 0 Å². The van der Waals surface area contributed by atoms with Gasteiger partial charge < -0.3 is 10.2 Å². The predicted octanol–water partition coefficient (Wildman–Crippen LogP) is 2.27. The van der Waals surface area contributed by atoms with Crippen LogP contribution in [0.1, 0.15) is 24.5 Å². The molecule has 1 aromatic rings. The molecule has 1 aromatic heterocycles. The largest absolute Gasteiger partial charge is 0.376 e. The third-order valence-electron chi connectivity index (χ3n) is 3.10. The average molecular weight is 240 g/mol. The first-order valence-corrected chi connectivity index (χ1v) is 6.10. The lowest BCUT2D eigenvalue weighted by molar-refractivity contribution is 0.453. The highest BCUT2D eigenvalue weighted by Gasteiger charge is 2.17. The molecule has 16 heavy (non-hydrogen) atoms. The first kappa shape index (κ1) is 11.7. The third-order valence-corrected chi connectivity index (χ3v) is 3.39. The van der Waals surface area contributed by atoms with E-state index < -0.39 is 0 Å². The SMILES string of the molecule is CN(C)c1cc(C2CCNCC2)ncc1Cl. The van der Waals surface area contributed by atoms with Crippen LogP contribution in [0.15, 0.2) is 12.3 Å². The quantitative estimate of drug-likeness (QED) is 0.858. The molecule has 0 atom stereocenters. The maximum Gasteiger partial charge on any atom is 0.0822 e. The molecule has 0 spiro atoms. The molecule has 1 fully saturated rings. The van der Waals surface area contributed by atoms with E-state index in [0.29, 0.717) is 5.92 Å². The summed E-state index contributed by atoms with van der Waals surface area (Å²) in [5, 5.41) is 4.09. The molecule has 2 rings (SSSR count). The molecule has 0 bridgehead atoms. The highest BCUT2D eigenvalue weighted by Crippen LogP contribution is 2.30. The second kappa shape index (κ2) is 5.02. The molecular formula is C12H18ClN3. The molecule has 1 N–H and O–H groups in total. The summed E-state index contributed by atoms with van der Waals surface area (Å²) >= 11 is 6.11. The Morgan fingerprint density at radius 1 is 1.38 bits per heavy atom. The van der Waals surface area contributed by atoms with Gasteiger partial charge in [-0.15, -0.1) is 0 Å². The molecule has 0 radical (unpaired) electrons. The summed E-state index contributed by atoms with van der Waals surface area (Å²) in [7, 11) is 4.01. The van der Waals surface area contributed by atoms with E-state index in [-0.39, 0.29) is 0 Å². The number of pyridine rings is 1. The molecule has 2 heterocycles. The number of hydrogen-bond acceptors (Lipinski definition) is 3. The Morgan fingerprint density at radius 3 is 2.69 bits per heavy atom. The van der Waals surface area contributed by atoms with Crippen molar-refractivity contribution in [3.63, 3.8) is 0 Å². The number of nitrogens with one attached hydrogen (secondary N) is 1. The standard InChI is InChI=1S/C12H18ClN3/c1-16(2)12-7-11(15-8-10(12)13)9-3-5-14-6-4-9/h7-9,14H,3-6H2,1-2H3. The number of anilines is 1. The number of rotatable bonds is 2. The molecule has 0 saturated carbocycles. The molecule has 88 valence electrons. The van der Waals surface area contributed by atoms with Crippen LogP contribution in [0.25, 0.3) is 0 Å². The normalized spacial score (nSPS) is 17.4. The minimum Gasteiger partial charge on any atom is -0.376 e. The number of hydrogen-bond donors (Lipinski definition) is 1. The molecule has 0 aliphatic carbocycles. The summed E-state index contributed by atoms with van der Waals surface area (Å²) in [4.78, 5) is 6.49. The Balaban J connectivity index is 2.24. The van der Waals surface area contributed by atoms with Crippen LogP contribution in [0.5, 0.6) is 0 Å². The van der Waals surface area contributed by atoms with Gasteiger partial charge in [0.2, 0.25) is 0 Å². The Morgan fingerprint density at radius 2 is 2.06 bits per heavy atom. The Kier molecular flexibility index (Phi) is 3.66. The van der Waals surface area contributed by atoms with Gasteiger partial charge in [0.25, 0.3) is 0 Å². The van der Waals surface area contributed by atoms with Gasteiger partial charge in [0.1, 0.15) is 0 Å². The lowest BCUT2D eigenvalue weighted by Gasteiger charge is -2.23. The molecule has 1 aliphatic rings. The van der Waals surface area contributed by atoms with Crippen LogP contribution in [0, 0.1) is 0 Å². The summed E-state index contributed by atoms with van der Waals surface area (Å²) in [5.74, 6) is 0.581. The lowest BCUT2D eigenvalue weighted by atomic mass is 9.94. The third kappa shape index (κ3) is 2.47. The Labute approximate surface area is 102 Å². The van der Waals surface area contributed by atoms with Gasteiger partial charge in [-0.2, -0.15) is 0 Å². The highest BCUT2D eigenvalue weighted by molar-refractivity contribution is 6.33. The number of piperidine rings is 1. The van der Waals surface area contributed by atoms with E-state index in [1.165, 1.54) is 18.5 Å². The molecule has 0 aromatic carbocycles. The van der Waals surface area contributed by atoms with E-state index in [1.807, 2.05) is 19.0 Å². The molecule has 1 saturated heterocycles. The van der Waals surface area contributed by atoms with Crippen molar-refractivity contribution in [3.8, 4) is 0 Å². The van der Waals surface area contributed by atoms with Gasteiger partial charge in [-0.1, -0.05) is 11.6 Å². The minimum atomic E-state index is 0.581. The van der Waals surface area contributed by atoms with Gasteiger partial charge in [-0.25, -0.2) is 0 Å². The minimum absolute atomic E-state index is 0.581. The lowest BCUT2D eigenvalue weighted by Crippen LogP contribution is -2.27. The van der Waals surface area contributed by atoms with Crippen LogP contribution in [0.3, 0.4) is 0 Å². The summed E-state index contributed by atoms with van der Waals surface area (Å²) in [6, 6.07) is 2.12. The first-order valence-electron chi connectivity index (χ1n) is 5.72. The highest BCUT2D eigenvalue weighted by atomic mass is 35.5. The van der Waals surface area contributed by atoms with Crippen LogP contribution in [0.2, 0.25) is 5.02 Å². The van der Waals surface area contributed by atoms with E-state index in [2.05, 4.69) is 16.4 Å². The van der Waals surface area contributed by atoms with Crippen molar-refractivity contribution in [1.29, 1.82) is 0 Å². The molecule has 1 aliphatic heterocycles. The van der Waals surface area contributed by atoms with Crippen molar-refractivity contribution in [1.82, 2.24) is 10.3 Å². The van der Waals surface area contributed by atoms with Crippen molar-refractivity contribution in [3.05, 3.63) is 23.0 Å². The van der Waals surface area contributed by atoms with Gasteiger partial charge in [-0.05, 0) is 32.0 Å². The van der Waals surface area contributed by atoms with Crippen LogP contribution < -0.4 is 10.2 Å². The van der Waals surface area contributed by atoms with Gasteiger partial charge in [0.15, 0.2) is 0 Å². The van der Waals surface area contributed by atoms with Crippen molar-refractivity contribution >= 4 is 17.3 Å². The van der Waals surface area contributed by atoms with E-state index in [9.17, 15) is 0 Å². The first-order chi connectivity index (χ1) is 7.68. The zero-order chi connectivity index (χ0) is 11.5. The maximum absolute atomic E-state index is 6.11.